The number of halogens is 3. The average molecular weight is 337 g/mol. The molecule has 1 fully saturated rings. The Kier molecular flexibility index (Phi) is 7.81. The van der Waals surface area contributed by atoms with E-state index in [0.717, 1.165) is 4.90 Å². The lowest BCUT2D eigenvalue weighted by Crippen LogP contribution is -2.49. The van der Waals surface area contributed by atoms with Crippen molar-refractivity contribution in [3.05, 3.63) is 0 Å². The number of likely N-dealkylation sites (tertiary alicyclic amines) is 1. The molecule has 0 saturated carbocycles. The Morgan fingerprint density at radius 2 is 2.04 bits per heavy atom. The summed E-state index contributed by atoms with van der Waals surface area (Å²) in [6.45, 7) is 1.94. The number of hydrogen-bond donors (Lipinski definition) is 1. The number of amides is 2. The van der Waals surface area contributed by atoms with Crippen LogP contribution in [0.3, 0.4) is 0 Å². The quantitative estimate of drug-likeness (QED) is 0.768. The number of piperidine rings is 1. The molecule has 1 heterocycles. The first kappa shape index (κ1) is 19.7. The number of alkyl halides is 3. The molecule has 0 spiro atoms. The lowest BCUT2D eigenvalue weighted by atomic mass is 9.96. The van der Waals surface area contributed by atoms with Crippen LogP contribution in [-0.4, -0.2) is 67.6 Å². The van der Waals surface area contributed by atoms with Crippen LogP contribution in [0, 0.1) is 5.92 Å². The SMILES string of the molecule is CCCN(CC(F)(F)F)C(=O)C1CCCN(C(=O)CCNC)C1. The van der Waals surface area contributed by atoms with Crippen LogP contribution in [-0.2, 0) is 9.59 Å². The van der Waals surface area contributed by atoms with Gasteiger partial charge in [-0.05, 0) is 26.3 Å². The van der Waals surface area contributed by atoms with Crippen LogP contribution in [0.1, 0.15) is 32.6 Å². The maximum absolute atomic E-state index is 12.6. The highest BCUT2D eigenvalue weighted by molar-refractivity contribution is 5.81. The number of hydrogen-bond acceptors (Lipinski definition) is 3. The van der Waals surface area contributed by atoms with E-state index in [9.17, 15) is 22.8 Å². The maximum Gasteiger partial charge on any atom is 0.406 e. The van der Waals surface area contributed by atoms with Crippen molar-refractivity contribution < 1.29 is 22.8 Å². The number of carbonyl (C=O) groups excluding carboxylic acids is 2. The standard InChI is InChI=1S/C15H26F3N3O2/c1-3-8-21(11-15(16,17)18)14(23)12-5-4-9-20(10-12)13(22)6-7-19-2/h12,19H,3-11H2,1-2H3. The molecule has 1 N–H and O–H groups in total. The molecule has 2 amide bonds. The second-order valence-electron chi connectivity index (χ2n) is 5.91. The Balaban J connectivity index is 2.67. The summed E-state index contributed by atoms with van der Waals surface area (Å²) in [7, 11) is 1.75. The number of nitrogens with one attached hydrogen (secondary N) is 1. The lowest BCUT2D eigenvalue weighted by molar-refractivity contribution is -0.165. The first-order valence-corrected chi connectivity index (χ1v) is 8.06. The Morgan fingerprint density at radius 1 is 1.35 bits per heavy atom. The monoisotopic (exact) mass is 337 g/mol. The van der Waals surface area contributed by atoms with Gasteiger partial charge >= 0.3 is 6.18 Å². The van der Waals surface area contributed by atoms with Crippen molar-refractivity contribution >= 4 is 11.8 Å². The highest BCUT2D eigenvalue weighted by atomic mass is 19.4. The van der Waals surface area contributed by atoms with Crippen LogP contribution < -0.4 is 5.32 Å². The summed E-state index contributed by atoms with van der Waals surface area (Å²) in [4.78, 5) is 26.9. The molecule has 1 aliphatic heterocycles. The largest absolute Gasteiger partial charge is 0.406 e. The van der Waals surface area contributed by atoms with Crippen LogP contribution in [0.15, 0.2) is 0 Å². The molecule has 1 atom stereocenters. The van der Waals surface area contributed by atoms with E-state index in [1.807, 2.05) is 0 Å². The first-order chi connectivity index (χ1) is 10.8. The van der Waals surface area contributed by atoms with Gasteiger partial charge in [-0.1, -0.05) is 6.92 Å². The minimum atomic E-state index is -4.40. The van der Waals surface area contributed by atoms with Crippen molar-refractivity contribution in [3.63, 3.8) is 0 Å². The molecule has 1 saturated heterocycles. The summed E-state index contributed by atoms with van der Waals surface area (Å²) in [5.41, 5.74) is 0. The highest BCUT2D eigenvalue weighted by Crippen LogP contribution is 2.23. The topological polar surface area (TPSA) is 52.7 Å². The third-order valence-corrected chi connectivity index (χ3v) is 3.89. The molecule has 0 bridgehead atoms. The summed E-state index contributed by atoms with van der Waals surface area (Å²) in [6, 6.07) is 0. The number of carbonyl (C=O) groups is 2. The molecule has 134 valence electrons. The van der Waals surface area contributed by atoms with Crippen LogP contribution >= 0.6 is 0 Å². The van der Waals surface area contributed by atoms with Crippen molar-refractivity contribution in [2.24, 2.45) is 5.92 Å². The Hall–Kier alpha value is -1.31. The first-order valence-electron chi connectivity index (χ1n) is 8.06. The predicted molar refractivity (Wildman–Crippen MR) is 80.8 cm³/mol. The van der Waals surface area contributed by atoms with Gasteiger partial charge in [0.25, 0.3) is 0 Å². The van der Waals surface area contributed by atoms with E-state index in [2.05, 4.69) is 5.32 Å². The lowest BCUT2D eigenvalue weighted by Gasteiger charge is -2.35. The van der Waals surface area contributed by atoms with Gasteiger partial charge in [-0.15, -0.1) is 0 Å². The van der Waals surface area contributed by atoms with Gasteiger partial charge in [-0.3, -0.25) is 9.59 Å². The van der Waals surface area contributed by atoms with Crippen molar-refractivity contribution in [2.75, 3.05) is 39.8 Å². The van der Waals surface area contributed by atoms with Crippen LogP contribution in [0.25, 0.3) is 0 Å². The Morgan fingerprint density at radius 3 is 2.61 bits per heavy atom. The molecule has 1 aliphatic rings. The smallest absolute Gasteiger partial charge is 0.342 e. The van der Waals surface area contributed by atoms with Crippen LogP contribution in [0.2, 0.25) is 0 Å². The summed E-state index contributed by atoms with van der Waals surface area (Å²) < 4.78 is 37.9. The van der Waals surface area contributed by atoms with Gasteiger partial charge in [0.05, 0.1) is 5.92 Å². The molecule has 1 rings (SSSR count). The molecule has 8 heteroatoms. The van der Waals surface area contributed by atoms with Crippen molar-refractivity contribution in [1.29, 1.82) is 0 Å². The van der Waals surface area contributed by atoms with E-state index >= 15 is 0 Å². The molecule has 1 unspecified atom stereocenters. The van der Waals surface area contributed by atoms with Gasteiger partial charge in [0.1, 0.15) is 6.54 Å². The second kappa shape index (κ2) is 9.10. The predicted octanol–water partition coefficient (Wildman–Crippen LogP) is 1.64. The van der Waals surface area contributed by atoms with E-state index < -0.39 is 24.5 Å². The molecule has 0 aromatic rings. The zero-order valence-corrected chi connectivity index (χ0v) is 13.8. The van der Waals surface area contributed by atoms with E-state index in [-0.39, 0.29) is 19.0 Å². The minimum Gasteiger partial charge on any atom is -0.342 e. The van der Waals surface area contributed by atoms with Crippen molar-refractivity contribution in [2.45, 2.75) is 38.8 Å². The van der Waals surface area contributed by atoms with Gasteiger partial charge in [-0.25, -0.2) is 0 Å². The number of rotatable bonds is 7. The van der Waals surface area contributed by atoms with Crippen LogP contribution in [0.4, 0.5) is 13.2 Å². The molecule has 23 heavy (non-hydrogen) atoms. The maximum atomic E-state index is 12.6. The number of nitrogens with zero attached hydrogens (tertiary/aromatic N) is 2. The summed E-state index contributed by atoms with van der Waals surface area (Å²) in [5, 5.41) is 2.88. The molecular formula is C15H26F3N3O2. The van der Waals surface area contributed by atoms with Gasteiger partial charge in [0, 0.05) is 32.6 Å². The van der Waals surface area contributed by atoms with E-state index in [1.54, 1.807) is 18.9 Å². The van der Waals surface area contributed by atoms with Gasteiger partial charge in [-0.2, -0.15) is 13.2 Å². The molecular weight excluding hydrogens is 311 g/mol. The highest BCUT2D eigenvalue weighted by Gasteiger charge is 2.36. The van der Waals surface area contributed by atoms with E-state index in [0.29, 0.717) is 38.8 Å². The fourth-order valence-electron chi connectivity index (χ4n) is 2.81. The molecule has 0 aromatic carbocycles. The molecule has 5 nitrogen and oxygen atoms in total. The molecule has 0 aliphatic carbocycles. The Labute approximate surface area is 135 Å². The Bertz CT molecular complexity index is 402. The van der Waals surface area contributed by atoms with Gasteiger partial charge in [0.15, 0.2) is 0 Å². The fraction of sp³-hybridized carbons (Fsp3) is 0.867. The third-order valence-electron chi connectivity index (χ3n) is 3.89. The van der Waals surface area contributed by atoms with Gasteiger partial charge in [0.2, 0.25) is 11.8 Å². The average Bonchev–Trinajstić information content (AvgIpc) is 2.50. The fourth-order valence-corrected chi connectivity index (χ4v) is 2.81. The van der Waals surface area contributed by atoms with Crippen molar-refractivity contribution in [1.82, 2.24) is 15.1 Å². The summed E-state index contributed by atoms with van der Waals surface area (Å²) in [6.07, 6.45) is -2.42. The minimum absolute atomic E-state index is 0.0605. The van der Waals surface area contributed by atoms with Crippen molar-refractivity contribution in [3.8, 4) is 0 Å². The summed E-state index contributed by atoms with van der Waals surface area (Å²) in [5.74, 6) is -1.08. The van der Waals surface area contributed by atoms with E-state index in [1.165, 1.54) is 0 Å². The van der Waals surface area contributed by atoms with Crippen LogP contribution in [0.5, 0.6) is 0 Å². The zero-order chi connectivity index (χ0) is 17.5. The zero-order valence-electron chi connectivity index (χ0n) is 13.8. The summed E-state index contributed by atoms with van der Waals surface area (Å²) >= 11 is 0. The molecule has 0 aromatic heterocycles. The molecule has 0 radical (unpaired) electrons. The second-order valence-corrected chi connectivity index (χ2v) is 5.91. The third kappa shape index (κ3) is 6.76. The normalized spacial score (nSPS) is 18.8. The van der Waals surface area contributed by atoms with E-state index in [4.69, 9.17) is 0 Å². The van der Waals surface area contributed by atoms with Gasteiger partial charge < -0.3 is 15.1 Å².